The van der Waals surface area contributed by atoms with E-state index in [1.54, 1.807) is 6.20 Å². The Kier molecular flexibility index (Phi) is 3.93. The molecule has 3 heteroatoms. The summed E-state index contributed by atoms with van der Waals surface area (Å²) in [5, 5.41) is 3.35. The third-order valence-electron chi connectivity index (χ3n) is 5.02. The summed E-state index contributed by atoms with van der Waals surface area (Å²) in [5.41, 5.74) is -0.267. The molecule has 2 unspecified atom stereocenters. The van der Waals surface area contributed by atoms with Crippen molar-refractivity contribution in [1.82, 2.24) is 4.98 Å². The third kappa shape index (κ3) is 2.51. The number of aldehydes is 1. The third-order valence-corrected chi connectivity index (χ3v) is 5.02. The minimum Gasteiger partial charge on any atom is -0.369 e. The van der Waals surface area contributed by atoms with Crippen LogP contribution in [-0.2, 0) is 4.79 Å². The van der Waals surface area contributed by atoms with Gasteiger partial charge in [-0.2, -0.15) is 0 Å². The zero-order valence-corrected chi connectivity index (χ0v) is 12.1. The fraction of sp³-hybridized carbons (Fsp3) is 0.625. The molecule has 1 aliphatic rings. The van der Waals surface area contributed by atoms with E-state index in [0.717, 1.165) is 18.7 Å². The topological polar surface area (TPSA) is 42.0 Å². The van der Waals surface area contributed by atoms with Gasteiger partial charge in [0.2, 0.25) is 0 Å². The maximum atomic E-state index is 11.9. The lowest BCUT2D eigenvalue weighted by molar-refractivity contribution is -0.129. The van der Waals surface area contributed by atoms with Crippen LogP contribution in [0.15, 0.2) is 24.4 Å². The summed E-state index contributed by atoms with van der Waals surface area (Å²) in [7, 11) is 0. The fourth-order valence-electron chi connectivity index (χ4n) is 3.44. The van der Waals surface area contributed by atoms with Crippen LogP contribution in [-0.4, -0.2) is 17.8 Å². The normalized spacial score (nSPS) is 29.7. The summed E-state index contributed by atoms with van der Waals surface area (Å²) in [6, 6.07) is 5.80. The van der Waals surface area contributed by atoms with Crippen LogP contribution < -0.4 is 5.32 Å². The second kappa shape index (κ2) is 5.32. The van der Waals surface area contributed by atoms with Gasteiger partial charge < -0.3 is 10.1 Å². The maximum Gasteiger partial charge on any atom is 0.128 e. The predicted octanol–water partition coefficient (Wildman–Crippen LogP) is 3.53. The molecule has 2 rings (SSSR count). The minimum atomic E-state index is -0.303. The van der Waals surface area contributed by atoms with Gasteiger partial charge in [0.15, 0.2) is 0 Å². The number of anilines is 1. The van der Waals surface area contributed by atoms with Gasteiger partial charge in [0.05, 0.1) is 5.41 Å². The standard InChI is InChI=1S/C16H24N2O/c1-13-7-6-9-15(2,3)16(13,12-19)11-18-14-8-4-5-10-17-14/h4-5,8,10,12-13H,6-7,9,11H2,1-3H3,(H,17,18). The predicted molar refractivity (Wildman–Crippen MR) is 78.0 cm³/mol. The van der Waals surface area contributed by atoms with Gasteiger partial charge in [-0.1, -0.05) is 33.3 Å². The van der Waals surface area contributed by atoms with Crippen molar-refractivity contribution in [3.8, 4) is 0 Å². The van der Waals surface area contributed by atoms with Crippen LogP contribution in [0.5, 0.6) is 0 Å². The molecular weight excluding hydrogens is 236 g/mol. The maximum absolute atomic E-state index is 11.9. The first-order valence-corrected chi connectivity index (χ1v) is 7.13. The average molecular weight is 260 g/mol. The van der Waals surface area contributed by atoms with E-state index >= 15 is 0 Å². The van der Waals surface area contributed by atoms with Gasteiger partial charge in [-0.15, -0.1) is 0 Å². The summed E-state index contributed by atoms with van der Waals surface area (Å²) in [4.78, 5) is 16.1. The van der Waals surface area contributed by atoms with Crippen LogP contribution >= 0.6 is 0 Å². The smallest absolute Gasteiger partial charge is 0.128 e. The zero-order chi connectivity index (χ0) is 13.9. The molecule has 0 aliphatic heterocycles. The molecule has 0 bridgehead atoms. The molecule has 0 amide bonds. The first kappa shape index (κ1) is 14.0. The lowest BCUT2D eigenvalue weighted by Gasteiger charge is -2.51. The Bertz CT molecular complexity index is 430. The van der Waals surface area contributed by atoms with Crippen LogP contribution in [0.1, 0.15) is 40.0 Å². The van der Waals surface area contributed by atoms with Crippen molar-refractivity contribution in [3.05, 3.63) is 24.4 Å². The molecule has 1 aliphatic carbocycles. The van der Waals surface area contributed by atoms with Crippen molar-refractivity contribution in [2.75, 3.05) is 11.9 Å². The lowest BCUT2D eigenvalue weighted by Crippen LogP contribution is -2.51. The Hall–Kier alpha value is -1.38. The molecule has 1 fully saturated rings. The summed E-state index contributed by atoms with van der Waals surface area (Å²) in [5.74, 6) is 1.25. The second-order valence-electron chi connectivity index (χ2n) is 6.40. The quantitative estimate of drug-likeness (QED) is 0.842. The summed E-state index contributed by atoms with van der Waals surface area (Å²) in [6.07, 6.45) is 6.41. The lowest BCUT2D eigenvalue weighted by atomic mass is 9.54. The van der Waals surface area contributed by atoms with E-state index < -0.39 is 0 Å². The van der Waals surface area contributed by atoms with E-state index in [1.165, 1.54) is 12.7 Å². The van der Waals surface area contributed by atoms with Crippen molar-refractivity contribution in [1.29, 1.82) is 0 Å². The molecule has 104 valence electrons. The average Bonchev–Trinajstić information content (AvgIpc) is 2.39. The fourth-order valence-corrected chi connectivity index (χ4v) is 3.44. The largest absolute Gasteiger partial charge is 0.369 e. The molecule has 3 nitrogen and oxygen atoms in total. The Labute approximate surface area is 115 Å². The van der Waals surface area contributed by atoms with Crippen LogP contribution in [0.4, 0.5) is 5.82 Å². The van der Waals surface area contributed by atoms with Crippen molar-refractivity contribution < 1.29 is 4.79 Å². The van der Waals surface area contributed by atoms with Crippen molar-refractivity contribution in [2.24, 2.45) is 16.7 Å². The number of rotatable bonds is 4. The molecule has 0 radical (unpaired) electrons. The molecule has 1 heterocycles. The van der Waals surface area contributed by atoms with Crippen molar-refractivity contribution >= 4 is 12.1 Å². The molecule has 1 aromatic heterocycles. The highest BCUT2D eigenvalue weighted by Gasteiger charge is 2.50. The molecule has 0 aromatic carbocycles. The molecule has 2 atom stereocenters. The van der Waals surface area contributed by atoms with Crippen molar-refractivity contribution in [3.63, 3.8) is 0 Å². The molecule has 1 N–H and O–H groups in total. The van der Waals surface area contributed by atoms with Gasteiger partial charge in [-0.3, -0.25) is 0 Å². The van der Waals surface area contributed by atoms with Crippen molar-refractivity contribution in [2.45, 2.75) is 40.0 Å². The van der Waals surface area contributed by atoms with E-state index in [1.807, 2.05) is 18.2 Å². The summed E-state index contributed by atoms with van der Waals surface area (Å²) >= 11 is 0. The number of nitrogens with zero attached hydrogens (tertiary/aromatic N) is 1. The SMILES string of the molecule is CC1CCCC(C)(C)C1(C=O)CNc1ccccn1. The van der Waals surface area contributed by atoms with Gasteiger partial charge >= 0.3 is 0 Å². The van der Waals surface area contributed by atoms with Gasteiger partial charge in [-0.25, -0.2) is 4.98 Å². The first-order chi connectivity index (χ1) is 9.02. The number of hydrogen-bond acceptors (Lipinski definition) is 3. The molecule has 1 saturated carbocycles. The van der Waals surface area contributed by atoms with E-state index in [0.29, 0.717) is 12.5 Å². The van der Waals surface area contributed by atoms with Crippen LogP contribution in [0.25, 0.3) is 0 Å². The summed E-state index contributed by atoms with van der Waals surface area (Å²) < 4.78 is 0. The number of carbonyl (C=O) groups excluding carboxylic acids is 1. The van der Waals surface area contributed by atoms with Gasteiger partial charge in [-0.05, 0) is 36.3 Å². The molecule has 1 aromatic rings. The Morgan fingerprint density at radius 3 is 2.84 bits per heavy atom. The van der Waals surface area contributed by atoms with Crippen LogP contribution in [0, 0.1) is 16.7 Å². The first-order valence-electron chi connectivity index (χ1n) is 7.13. The highest BCUT2D eigenvalue weighted by atomic mass is 16.1. The van der Waals surface area contributed by atoms with Crippen LogP contribution in [0.2, 0.25) is 0 Å². The van der Waals surface area contributed by atoms with Gasteiger partial charge in [0.25, 0.3) is 0 Å². The number of aromatic nitrogens is 1. The minimum absolute atomic E-state index is 0.0359. The molecule has 19 heavy (non-hydrogen) atoms. The molecular formula is C16H24N2O. The van der Waals surface area contributed by atoms with Gasteiger partial charge in [0, 0.05) is 12.7 Å². The Morgan fingerprint density at radius 1 is 1.47 bits per heavy atom. The monoisotopic (exact) mass is 260 g/mol. The number of hydrogen-bond donors (Lipinski definition) is 1. The highest BCUT2D eigenvalue weighted by molar-refractivity contribution is 5.63. The highest BCUT2D eigenvalue weighted by Crippen LogP contribution is 2.52. The molecule has 0 spiro atoms. The zero-order valence-electron chi connectivity index (χ0n) is 12.1. The van der Waals surface area contributed by atoms with E-state index in [-0.39, 0.29) is 10.8 Å². The van der Waals surface area contributed by atoms with E-state index in [9.17, 15) is 4.79 Å². The molecule has 0 saturated heterocycles. The van der Waals surface area contributed by atoms with Crippen LogP contribution in [0.3, 0.4) is 0 Å². The number of pyridine rings is 1. The Morgan fingerprint density at radius 2 is 2.26 bits per heavy atom. The Balaban J connectivity index is 2.19. The van der Waals surface area contributed by atoms with E-state index in [2.05, 4.69) is 31.1 Å². The van der Waals surface area contributed by atoms with E-state index in [4.69, 9.17) is 0 Å². The summed E-state index contributed by atoms with van der Waals surface area (Å²) in [6.45, 7) is 7.31. The second-order valence-corrected chi connectivity index (χ2v) is 6.40. The number of nitrogens with one attached hydrogen (secondary N) is 1. The van der Waals surface area contributed by atoms with Gasteiger partial charge in [0.1, 0.15) is 12.1 Å². The number of carbonyl (C=O) groups is 1.